The van der Waals surface area contributed by atoms with Crippen LogP contribution < -0.4 is 0 Å². The number of hydrogen-bond acceptors (Lipinski definition) is 4. The zero-order valence-electron chi connectivity index (χ0n) is 32.8. The fourth-order valence-electron chi connectivity index (χ4n) is 8.94. The molecule has 4 heteroatoms. The third-order valence-corrected chi connectivity index (χ3v) is 11.9. The maximum Gasteiger partial charge on any atom is 0.164 e. The second kappa shape index (κ2) is 13.8. The SMILES string of the molecule is CC1(C)c2ccccc2-c2cc3c(-c4cccc(-c5ccccc5)c4)cc(-c4ccc(-c5nc(-c6ccccc6)nc(-c6ccccc6)n5)c5ccccc45)nc3cc21. The second-order valence-electron chi connectivity index (χ2n) is 15.8. The molecular weight excluding hydrogens is 717 g/mol. The molecule has 0 aliphatic heterocycles. The van der Waals surface area contributed by atoms with E-state index < -0.39 is 0 Å². The van der Waals surface area contributed by atoms with E-state index in [0.29, 0.717) is 17.5 Å². The van der Waals surface area contributed by atoms with Crippen LogP contribution in [0, 0.1) is 0 Å². The molecule has 8 aromatic carbocycles. The summed E-state index contributed by atoms with van der Waals surface area (Å²) in [6, 6.07) is 68.5. The van der Waals surface area contributed by atoms with Crippen LogP contribution in [-0.4, -0.2) is 19.9 Å². The summed E-state index contributed by atoms with van der Waals surface area (Å²) in [5.74, 6) is 1.90. The van der Waals surface area contributed by atoms with E-state index in [0.717, 1.165) is 60.8 Å². The van der Waals surface area contributed by atoms with E-state index in [2.05, 4.69) is 147 Å². The lowest BCUT2D eigenvalue weighted by atomic mass is 9.82. The van der Waals surface area contributed by atoms with Crippen molar-refractivity contribution in [2.24, 2.45) is 0 Å². The quantitative estimate of drug-likeness (QED) is 0.170. The number of rotatable bonds is 6. The van der Waals surface area contributed by atoms with E-state index in [1.807, 2.05) is 60.7 Å². The van der Waals surface area contributed by atoms with E-state index in [9.17, 15) is 0 Å². The summed E-state index contributed by atoms with van der Waals surface area (Å²) in [4.78, 5) is 20.7. The number of nitrogens with zero attached hydrogens (tertiary/aromatic N) is 4. The Hall–Kier alpha value is -7.56. The Balaban J connectivity index is 1.13. The van der Waals surface area contributed by atoms with Crippen molar-refractivity contribution in [2.75, 3.05) is 0 Å². The predicted molar refractivity (Wildman–Crippen MR) is 243 cm³/mol. The Morgan fingerprint density at radius 1 is 0.305 bits per heavy atom. The Morgan fingerprint density at radius 2 is 0.847 bits per heavy atom. The summed E-state index contributed by atoms with van der Waals surface area (Å²) in [5, 5.41) is 3.27. The van der Waals surface area contributed by atoms with Crippen molar-refractivity contribution < 1.29 is 0 Å². The van der Waals surface area contributed by atoms with Gasteiger partial charge >= 0.3 is 0 Å². The van der Waals surface area contributed by atoms with Crippen molar-refractivity contribution in [3.8, 4) is 78.8 Å². The minimum Gasteiger partial charge on any atom is -0.248 e. The van der Waals surface area contributed by atoms with Crippen LogP contribution in [0.1, 0.15) is 25.0 Å². The monoisotopic (exact) mass is 754 g/mol. The van der Waals surface area contributed by atoms with Crippen LogP contribution in [0.2, 0.25) is 0 Å². The van der Waals surface area contributed by atoms with Crippen LogP contribution in [0.3, 0.4) is 0 Å². The molecule has 0 bridgehead atoms. The van der Waals surface area contributed by atoms with Gasteiger partial charge in [-0.1, -0.05) is 178 Å². The van der Waals surface area contributed by atoms with Gasteiger partial charge in [0.05, 0.1) is 11.2 Å². The molecule has 0 amide bonds. The maximum absolute atomic E-state index is 5.54. The molecule has 0 N–H and O–H groups in total. The molecule has 0 saturated carbocycles. The molecule has 0 fully saturated rings. The van der Waals surface area contributed by atoms with Gasteiger partial charge in [-0.3, -0.25) is 0 Å². The Kier molecular flexibility index (Phi) is 8.12. The molecule has 0 spiro atoms. The molecule has 0 saturated heterocycles. The van der Waals surface area contributed by atoms with E-state index >= 15 is 0 Å². The highest BCUT2D eigenvalue weighted by molar-refractivity contribution is 6.07. The summed E-state index contributed by atoms with van der Waals surface area (Å²) in [5.41, 5.74) is 15.5. The highest BCUT2D eigenvalue weighted by Gasteiger charge is 2.36. The molecule has 0 radical (unpaired) electrons. The van der Waals surface area contributed by atoms with Crippen LogP contribution in [0.5, 0.6) is 0 Å². The highest BCUT2D eigenvalue weighted by atomic mass is 15.0. The van der Waals surface area contributed by atoms with Crippen molar-refractivity contribution in [2.45, 2.75) is 19.3 Å². The van der Waals surface area contributed by atoms with Gasteiger partial charge in [0, 0.05) is 33.1 Å². The van der Waals surface area contributed by atoms with Crippen LogP contribution >= 0.6 is 0 Å². The summed E-state index contributed by atoms with van der Waals surface area (Å²) >= 11 is 0. The van der Waals surface area contributed by atoms with Crippen molar-refractivity contribution in [3.63, 3.8) is 0 Å². The number of hydrogen-bond donors (Lipinski definition) is 0. The smallest absolute Gasteiger partial charge is 0.164 e. The molecule has 0 atom stereocenters. The van der Waals surface area contributed by atoms with Crippen LogP contribution in [0.15, 0.2) is 194 Å². The van der Waals surface area contributed by atoms with Crippen molar-refractivity contribution >= 4 is 21.7 Å². The zero-order valence-corrected chi connectivity index (χ0v) is 32.8. The minimum absolute atomic E-state index is 0.152. The standard InChI is InChI=1S/C55H38N4/c1-55(2)48-28-15-14-27-42(48)46-32-47-45(39-24-16-23-38(31-39)35-17-6-3-7-18-35)33-50(56-51(47)34-49(46)55)43-29-30-44(41-26-13-12-25-40(41)43)54-58-52(36-19-8-4-9-20-36)57-53(59-54)37-21-10-5-11-22-37/h3-34H,1-2H3. The third kappa shape index (κ3) is 5.92. The first-order valence-electron chi connectivity index (χ1n) is 20.1. The maximum atomic E-state index is 5.54. The first-order valence-corrected chi connectivity index (χ1v) is 20.1. The van der Waals surface area contributed by atoms with Gasteiger partial charge in [-0.2, -0.15) is 0 Å². The molecule has 278 valence electrons. The average molecular weight is 755 g/mol. The van der Waals surface area contributed by atoms with E-state index in [-0.39, 0.29) is 5.41 Å². The lowest BCUT2D eigenvalue weighted by molar-refractivity contribution is 0.661. The normalized spacial score (nSPS) is 12.7. The van der Waals surface area contributed by atoms with Crippen molar-refractivity contribution in [1.29, 1.82) is 0 Å². The topological polar surface area (TPSA) is 51.6 Å². The van der Waals surface area contributed by atoms with Gasteiger partial charge in [0.15, 0.2) is 17.5 Å². The molecule has 10 aromatic rings. The molecule has 1 aliphatic carbocycles. The first kappa shape index (κ1) is 34.7. The fraction of sp³-hybridized carbons (Fsp3) is 0.0545. The molecule has 59 heavy (non-hydrogen) atoms. The van der Waals surface area contributed by atoms with Crippen LogP contribution in [0.4, 0.5) is 0 Å². The Bertz CT molecular complexity index is 3170. The lowest BCUT2D eigenvalue weighted by Gasteiger charge is -2.22. The lowest BCUT2D eigenvalue weighted by Crippen LogP contribution is -2.14. The van der Waals surface area contributed by atoms with Gasteiger partial charge in [0.2, 0.25) is 0 Å². The van der Waals surface area contributed by atoms with Gasteiger partial charge < -0.3 is 0 Å². The number of aromatic nitrogens is 4. The van der Waals surface area contributed by atoms with Gasteiger partial charge in [0.1, 0.15) is 0 Å². The first-order chi connectivity index (χ1) is 29.0. The summed E-state index contributed by atoms with van der Waals surface area (Å²) in [6.45, 7) is 4.66. The number of pyridine rings is 1. The largest absolute Gasteiger partial charge is 0.248 e. The molecular formula is C55H38N4. The van der Waals surface area contributed by atoms with Gasteiger partial charge in [-0.25, -0.2) is 19.9 Å². The molecule has 11 rings (SSSR count). The van der Waals surface area contributed by atoms with E-state index in [1.54, 1.807) is 0 Å². The molecule has 2 heterocycles. The third-order valence-electron chi connectivity index (χ3n) is 11.9. The fourth-order valence-corrected chi connectivity index (χ4v) is 8.94. The van der Waals surface area contributed by atoms with Gasteiger partial charge in [0.25, 0.3) is 0 Å². The Morgan fingerprint density at radius 3 is 1.54 bits per heavy atom. The highest BCUT2D eigenvalue weighted by Crippen LogP contribution is 2.51. The Labute approximate surface area is 343 Å². The zero-order chi connectivity index (χ0) is 39.5. The molecule has 1 aliphatic rings. The second-order valence-corrected chi connectivity index (χ2v) is 15.8. The summed E-state index contributed by atoms with van der Waals surface area (Å²) < 4.78 is 0. The summed E-state index contributed by atoms with van der Waals surface area (Å²) in [6.07, 6.45) is 0. The van der Waals surface area contributed by atoms with E-state index in [4.69, 9.17) is 19.9 Å². The van der Waals surface area contributed by atoms with Crippen molar-refractivity contribution in [1.82, 2.24) is 19.9 Å². The van der Waals surface area contributed by atoms with Gasteiger partial charge in [-0.05, 0) is 85.6 Å². The average Bonchev–Trinajstić information content (AvgIpc) is 3.53. The number of benzene rings is 8. The predicted octanol–water partition coefficient (Wildman–Crippen LogP) is 13.9. The molecule has 0 unspecified atom stereocenters. The van der Waals surface area contributed by atoms with E-state index in [1.165, 1.54) is 33.4 Å². The molecule has 4 nitrogen and oxygen atoms in total. The summed E-state index contributed by atoms with van der Waals surface area (Å²) in [7, 11) is 0. The molecule has 2 aromatic heterocycles. The number of fused-ring (bicyclic) bond motifs is 5. The van der Waals surface area contributed by atoms with Gasteiger partial charge in [-0.15, -0.1) is 0 Å². The minimum atomic E-state index is -0.152. The van der Waals surface area contributed by atoms with Crippen molar-refractivity contribution in [3.05, 3.63) is 205 Å². The van der Waals surface area contributed by atoms with Crippen LogP contribution in [0.25, 0.3) is 100 Å². The van der Waals surface area contributed by atoms with Crippen LogP contribution in [-0.2, 0) is 5.41 Å².